The highest BCUT2D eigenvalue weighted by molar-refractivity contribution is 6.32. The van der Waals surface area contributed by atoms with Gasteiger partial charge in [-0.05, 0) is 23.8 Å². The Morgan fingerprint density at radius 3 is 2.68 bits per heavy atom. The molecule has 2 aromatic rings. The van der Waals surface area contributed by atoms with Crippen LogP contribution < -0.4 is 5.32 Å². The van der Waals surface area contributed by atoms with E-state index in [9.17, 15) is 9.59 Å². The summed E-state index contributed by atoms with van der Waals surface area (Å²) < 4.78 is 4.84. The minimum atomic E-state index is -0.601. The van der Waals surface area contributed by atoms with Gasteiger partial charge in [-0.15, -0.1) is 0 Å². The molecule has 1 amide bonds. The molecule has 1 heterocycles. The summed E-state index contributed by atoms with van der Waals surface area (Å²) in [5.41, 5.74) is 1.23. The summed E-state index contributed by atoms with van der Waals surface area (Å²) in [6, 6.07) is 12.5. The molecule has 22 heavy (non-hydrogen) atoms. The van der Waals surface area contributed by atoms with E-state index in [2.05, 4.69) is 10.3 Å². The molecule has 6 heteroatoms. The number of ether oxygens (including phenoxy) is 1. The van der Waals surface area contributed by atoms with Crippen molar-refractivity contribution in [3.8, 4) is 0 Å². The van der Waals surface area contributed by atoms with E-state index in [4.69, 9.17) is 16.3 Å². The topological polar surface area (TPSA) is 68.3 Å². The second kappa shape index (κ2) is 7.95. The highest BCUT2D eigenvalue weighted by Crippen LogP contribution is 2.17. The third kappa shape index (κ3) is 5.03. The lowest BCUT2D eigenvalue weighted by atomic mass is 10.2. The molecular formula is C16H13ClN2O3. The van der Waals surface area contributed by atoms with Gasteiger partial charge < -0.3 is 10.1 Å². The third-order valence-corrected chi connectivity index (χ3v) is 2.89. The molecule has 0 atom stereocenters. The van der Waals surface area contributed by atoms with Crippen LogP contribution in [-0.4, -0.2) is 23.5 Å². The van der Waals surface area contributed by atoms with Crippen molar-refractivity contribution in [2.75, 3.05) is 11.9 Å². The van der Waals surface area contributed by atoms with Crippen molar-refractivity contribution in [2.24, 2.45) is 0 Å². The molecule has 0 fully saturated rings. The molecule has 0 bridgehead atoms. The molecule has 112 valence electrons. The third-order valence-electron chi connectivity index (χ3n) is 2.59. The van der Waals surface area contributed by atoms with Gasteiger partial charge in [0.25, 0.3) is 5.91 Å². The lowest BCUT2D eigenvalue weighted by Crippen LogP contribution is -2.20. The van der Waals surface area contributed by atoms with Crippen LogP contribution in [0.2, 0.25) is 5.15 Å². The summed E-state index contributed by atoms with van der Waals surface area (Å²) in [5.74, 6) is -1.09. The Labute approximate surface area is 132 Å². The van der Waals surface area contributed by atoms with E-state index >= 15 is 0 Å². The summed E-state index contributed by atoms with van der Waals surface area (Å²) >= 11 is 5.80. The van der Waals surface area contributed by atoms with E-state index in [1.54, 1.807) is 18.2 Å². The van der Waals surface area contributed by atoms with Crippen molar-refractivity contribution in [3.63, 3.8) is 0 Å². The summed E-state index contributed by atoms with van der Waals surface area (Å²) in [5, 5.41) is 2.68. The zero-order valence-corrected chi connectivity index (χ0v) is 12.3. The number of esters is 1. The molecule has 0 unspecified atom stereocenters. The van der Waals surface area contributed by atoms with Crippen molar-refractivity contribution in [3.05, 3.63) is 65.5 Å². The molecule has 0 spiro atoms. The van der Waals surface area contributed by atoms with Gasteiger partial charge in [0.1, 0.15) is 0 Å². The SMILES string of the molecule is O=C(COC(=O)C=Cc1ccccc1)Nc1cccnc1Cl. The maximum atomic E-state index is 11.6. The van der Waals surface area contributed by atoms with Crippen molar-refractivity contribution < 1.29 is 14.3 Å². The van der Waals surface area contributed by atoms with Crippen LogP contribution in [0.1, 0.15) is 5.56 Å². The van der Waals surface area contributed by atoms with E-state index in [1.165, 1.54) is 12.3 Å². The number of carbonyl (C=O) groups is 2. The minimum absolute atomic E-state index is 0.172. The number of aromatic nitrogens is 1. The van der Waals surface area contributed by atoms with Gasteiger partial charge in [-0.3, -0.25) is 4.79 Å². The molecule has 0 aliphatic heterocycles. The van der Waals surface area contributed by atoms with Crippen LogP contribution in [0.4, 0.5) is 5.69 Å². The van der Waals surface area contributed by atoms with Crippen molar-refractivity contribution in [1.82, 2.24) is 4.98 Å². The second-order valence-electron chi connectivity index (χ2n) is 4.24. The number of hydrogen-bond donors (Lipinski definition) is 1. The number of carbonyl (C=O) groups excluding carboxylic acids is 2. The fraction of sp³-hybridized carbons (Fsp3) is 0.0625. The van der Waals surface area contributed by atoms with Crippen LogP contribution in [-0.2, 0) is 14.3 Å². The van der Waals surface area contributed by atoms with Crippen LogP contribution >= 0.6 is 11.6 Å². The molecule has 1 aromatic heterocycles. The van der Waals surface area contributed by atoms with Crippen molar-refractivity contribution >= 4 is 35.2 Å². The minimum Gasteiger partial charge on any atom is -0.452 e. The van der Waals surface area contributed by atoms with Crippen LogP contribution in [0.15, 0.2) is 54.7 Å². The molecular weight excluding hydrogens is 304 g/mol. The Hall–Kier alpha value is -2.66. The predicted octanol–water partition coefficient (Wildman–Crippen LogP) is 2.93. The Balaban J connectivity index is 1.80. The van der Waals surface area contributed by atoms with Gasteiger partial charge in [-0.2, -0.15) is 0 Å². The van der Waals surface area contributed by atoms with Gasteiger partial charge in [0, 0.05) is 12.3 Å². The van der Waals surface area contributed by atoms with Gasteiger partial charge in [0.15, 0.2) is 11.8 Å². The molecule has 1 aromatic carbocycles. The Morgan fingerprint density at radius 1 is 1.18 bits per heavy atom. The molecule has 0 aliphatic rings. The number of nitrogens with one attached hydrogen (secondary N) is 1. The molecule has 2 rings (SSSR count). The van der Waals surface area contributed by atoms with Crippen molar-refractivity contribution in [1.29, 1.82) is 0 Å². The smallest absolute Gasteiger partial charge is 0.331 e. The van der Waals surface area contributed by atoms with E-state index in [0.717, 1.165) is 5.56 Å². The lowest BCUT2D eigenvalue weighted by molar-refractivity contribution is -0.142. The molecule has 0 aliphatic carbocycles. The van der Waals surface area contributed by atoms with E-state index < -0.39 is 18.5 Å². The number of hydrogen-bond acceptors (Lipinski definition) is 4. The largest absolute Gasteiger partial charge is 0.452 e. The van der Waals surface area contributed by atoms with Gasteiger partial charge in [0.05, 0.1) is 5.69 Å². The molecule has 0 saturated heterocycles. The number of anilines is 1. The highest BCUT2D eigenvalue weighted by atomic mass is 35.5. The van der Waals surface area contributed by atoms with Gasteiger partial charge in [-0.25, -0.2) is 9.78 Å². The first kappa shape index (κ1) is 15.7. The number of halogens is 1. The molecule has 0 saturated carbocycles. The van der Waals surface area contributed by atoms with E-state index in [1.807, 2.05) is 30.3 Å². The van der Waals surface area contributed by atoms with E-state index in [-0.39, 0.29) is 5.15 Å². The monoisotopic (exact) mass is 316 g/mol. The van der Waals surface area contributed by atoms with Crippen LogP contribution in [0.3, 0.4) is 0 Å². The zero-order valence-electron chi connectivity index (χ0n) is 11.5. The fourth-order valence-electron chi connectivity index (χ4n) is 1.58. The number of benzene rings is 1. The summed E-state index contributed by atoms with van der Waals surface area (Å²) in [7, 11) is 0. The van der Waals surface area contributed by atoms with Crippen molar-refractivity contribution in [2.45, 2.75) is 0 Å². The second-order valence-corrected chi connectivity index (χ2v) is 4.60. The lowest BCUT2D eigenvalue weighted by Gasteiger charge is -2.06. The van der Waals surface area contributed by atoms with Gasteiger partial charge in [-0.1, -0.05) is 41.9 Å². The molecule has 5 nitrogen and oxygen atoms in total. The maximum Gasteiger partial charge on any atom is 0.331 e. The summed E-state index contributed by atoms with van der Waals surface area (Å²) in [4.78, 5) is 27.0. The summed E-state index contributed by atoms with van der Waals surface area (Å²) in [6.45, 7) is -0.400. The van der Waals surface area contributed by atoms with Gasteiger partial charge in [0.2, 0.25) is 0 Å². The Bertz CT molecular complexity index is 687. The fourth-order valence-corrected chi connectivity index (χ4v) is 1.75. The summed E-state index contributed by atoms with van der Waals surface area (Å²) in [6.07, 6.45) is 4.38. The quantitative estimate of drug-likeness (QED) is 0.523. The number of amides is 1. The standard InChI is InChI=1S/C16H13ClN2O3/c17-16-13(7-4-10-18-16)19-14(20)11-22-15(21)9-8-12-5-2-1-3-6-12/h1-10H,11H2,(H,19,20). The normalized spacial score (nSPS) is 10.4. The first-order chi connectivity index (χ1) is 10.6. The number of nitrogens with zero attached hydrogens (tertiary/aromatic N) is 1. The number of rotatable bonds is 5. The van der Waals surface area contributed by atoms with Crippen LogP contribution in [0.5, 0.6) is 0 Å². The first-order valence-corrected chi connectivity index (χ1v) is 6.83. The van der Waals surface area contributed by atoms with Gasteiger partial charge >= 0.3 is 5.97 Å². The molecule has 0 radical (unpaired) electrons. The first-order valence-electron chi connectivity index (χ1n) is 6.45. The average Bonchev–Trinajstić information content (AvgIpc) is 2.54. The highest BCUT2D eigenvalue weighted by Gasteiger charge is 2.08. The van der Waals surface area contributed by atoms with Crippen LogP contribution in [0.25, 0.3) is 6.08 Å². The maximum absolute atomic E-state index is 11.6. The predicted molar refractivity (Wildman–Crippen MR) is 84.3 cm³/mol. The number of pyridine rings is 1. The van der Waals surface area contributed by atoms with Crippen LogP contribution in [0, 0.1) is 0 Å². The van der Waals surface area contributed by atoms with E-state index in [0.29, 0.717) is 5.69 Å². The Kier molecular flexibility index (Phi) is 5.68. The Morgan fingerprint density at radius 2 is 1.95 bits per heavy atom. The average molecular weight is 317 g/mol. The molecule has 1 N–H and O–H groups in total. The zero-order chi connectivity index (χ0) is 15.8.